The van der Waals surface area contributed by atoms with E-state index in [9.17, 15) is 22.8 Å². The average molecular weight is 533 g/mol. The summed E-state index contributed by atoms with van der Waals surface area (Å²) < 4.78 is 53.3. The number of ether oxygens (including phenoxy) is 2. The Kier molecular flexibility index (Phi) is 7.58. The maximum atomic E-state index is 13.9. The van der Waals surface area contributed by atoms with Crippen LogP contribution in [0.1, 0.15) is 32.6 Å². The van der Waals surface area contributed by atoms with Gasteiger partial charge in [-0.1, -0.05) is 29.8 Å². The highest BCUT2D eigenvalue weighted by molar-refractivity contribution is 5.89. The van der Waals surface area contributed by atoms with Gasteiger partial charge in [0.05, 0.1) is 31.4 Å². The third kappa shape index (κ3) is 5.85. The molecule has 1 aromatic heterocycles. The summed E-state index contributed by atoms with van der Waals surface area (Å²) in [6, 6.07) is 18.9. The van der Waals surface area contributed by atoms with E-state index < -0.39 is 29.0 Å². The van der Waals surface area contributed by atoms with Crippen molar-refractivity contribution in [2.45, 2.75) is 26.6 Å². The Balaban J connectivity index is 1.79. The summed E-state index contributed by atoms with van der Waals surface area (Å²) in [5.41, 5.74) is -0.0217. The first-order valence-corrected chi connectivity index (χ1v) is 11.8. The van der Waals surface area contributed by atoms with E-state index in [0.29, 0.717) is 22.6 Å². The fraction of sp³-hybridized carbons (Fsp3) is 0.167. The molecule has 0 atom stereocenters. The predicted molar refractivity (Wildman–Crippen MR) is 140 cm³/mol. The van der Waals surface area contributed by atoms with Crippen LogP contribution in [0, 0.1) is 20.4 Å². The summed E-state index contributed by atoms with van der Waals surface area (Å²) in [6.07, 6.45) is -4.89. The molecule has 1 heterocycles. The number of hydrogen-bond acceptors (Lipinski definition) is 4. The van der Waals surface area contributed by atoms with E-state index in [2.05, 4.69) is 4.85 Å². The Morgan fingerprint density at radius 2 is 1.69 bits per heavy atom. The molecule has 3 aromatic carbocycles. The van der Waals surface area contributed by atoms with Crippen molar-refractivity contribution in [2.75, 3.05) is 7.11 Å². The van der Waals surface area contributed by atoms with Crippen LogP contribution in [0.4, 0.5) is 18.9 Å². The smallest absolute Gasteiger partial charge is 0.407 e. The third-order valence-corrected chi connectivity index (χ3v) is 6.16. The Labute approximate surface area is 222 Å². The van der Waals surface area contributed by atoms with Crippen LogP contribution >= 0.6 is 0 Å². The number of esters is 1. The Hall–Kier alpha value is -4.84. The van der Waals surface area contributed by atoms with Crippen LogP contribution in [-0.2, 0) is 17.5 Å². The van der Waals surface area contributed by atoms with E-state index in [0.717, 1.165) is 22.8 Å². The summed E-state index contributed by atoms with van der Waals surface area (Å²) in [6.45, 7) is 11.0. The van der Waals surface area contributed by atoms with Gasteiger partial charge in [-0.25, -0.2) is 9.64 Å². The number of rotatable bonds is 6. The van der Waals surface area contributed by atoms with Gasteiger partial charge in [0.15, 0.2) is 0 Å². The molecule has 39 heavy (non-hydrogen) atoms. The van der Waals surface area contributed by atoms with Gasteiger partial charge in [-0.15, -0.1) is 0 Å². The molecule has 0 aliphatic heterocycles. The van der Waals surface area contributed by atoms with Crippen LogP contribution in [0.5, 0.6) is 11.5 Å². The van der Waals surface area contributed by atoms with Crippen molar-refractivity contribution in [3.05, 3.63) is 122 Å². The average Bonchev–Trinajstić information content (AvgIpc) is 2.90. The highest BCUT2D eigenvalue weighted by Crippen LogP contribution is 2.37. The first-order chi connectivity index (χ1) is 18.5. The molecule has 198 valence electrons. The molecule has 0 aliphatic rings. The lowest BCUT2D eigenvalue weighted by atomic mass is 10.0. The molecule has 9 heteroatoms. The Morgan fingerprint density at radius 3 is 2.31 bits per heavy atom. The van der Waals surface area contributed by atoms with Crippen molar-refractivity contribution in [2.24, 2.45) is 0 Å². The summed E-state index contributed by atoms with van der Waals surface area (Å²) in [7, 11) is 1.27. The van der Waals surface area contributed by atoms with Gasteiger partial charge in [-0.05, 0) is 79.1 Å². The summed E-state index contributed by atoms with van der Waals surface area (Å²) >= 11 is 0. The van der Waals surface area contributed by atoms with E-state index >= 15 is 0 Å². The number of pyridine rings is 1. The molecule has 4 rings (SSSR count). The zero-order chi connectivity index (χ0) is 28.3. The number of benzene rings is 3. The molecule has 6 nitrogen and oxygen atoms in total. The zero-order valence-electron chi connectivity index (χ0n) is 21.3. The minimum absolute atomic E-state index is 0.0129. The van der Waals surface area contributed by atoms with E-state index in [-0.39, 0.29) is 12.2 Å². The quantitative estimate of drug-likeness (QED) is 0.193. The predicted octanol–water partition coefficient (Wildman–Crippen LogP) is 7.33. The SMILES string of the molecule is [C-]#[N+]c1c(C(F)(F)F)cc(-c2ccc(Oc3cccc(C(=O)OC)c3)cc2)n(Cc2ccc(C)cc2C)c1=O. The fourth-order valence-electron chi connectivity index (χ4n) is 4.18. The second-order valence-electron chi connectivity index (χ2n) is 8.87. The Bertz CT molecular complexity index is 1650. The van der Waals surface area contributed by atoms with Gasteiger partial charge in [0.2, 0.25) is 0 Å². The van der Waals surface area contributed by atoms with Crippen molar-refractivity contribution < 1.29 is 27.4 Å². The second kappa shape index (κ2) is 10.9. The molecule has 0 bridgehead atoms. The number of methoxy groups -OCH3 is 1. The normalized spacial score (nSPS) is 11.1. The third-order valence-electron chi connectivity index (χ3n) is 6.16. The number of aromatic nitrogens is 1. The molecule has 0 saturated heterocycles. The minimum atomic E-state index is -4.89. The number of halogens is 3. The summed E-state index contributed by atoms with van der Waals surface area (Å²) in [4.78, 5) is 28.0. The Morgan fingerprint density at radius 1 is 0.974 bits per heavy atom. The highest BCUT2D eigenvalue weighted by Gasteiger charge is 2.36. The van der Waals surface area contributed by atoms with E-state index in [1.54, 1.807) is 30.3 Å². The first-order valence-electron chi connectivity index (χ1n) is 11.8. The van der Waals surface area contributed by atoms with Crippen molar-refractivity contribution in [3.63, 3.8) is 0 Å². The van der Waals surface area contributed by atoms with Gasteiger partial charge in [0, 0.05) is 5.69 Å². The van der Waals surface area contributed by atoms with Crippen LogP contribution in [0.3, 0.4) is 0 Å². The zero-order valence-corrected chi connectivity index (χ0v) is 21.3. The van der Waals surface area contributed by atoms with Gasteiger partial charge < -0.3 is 14.0 Å². The maximum absolute atomic E-state index is 13.9. The molecule has 0 fully saturated rings. The van der Waals surface area contributed by atoms with Gasteiger partial charge >= 0.3 is 12.1 Å². The van der Waals surface area contributed by atoms with Crippen LogP contribution in [0.15, 0.2) is 77.6 Å². The molecule has 0 amide bonds. The maximum Gasteiger partial charge on any atom is 0.407 e. The lowest BCUT2D eigenvalue weighted by Gasteiger charge is -2.19. The molecule has 0 saturated carbocycles. The second-order valence-corrected chi connectivity index (χ2v) is 8.87. The lowest BCUT2D eigenvalue weighted by Crippen LogP contribution is -2.25. The number of alkyl halides is 3. The number of carbonyl (C=O) groups excluding carboxylic acids is 1. The number of carbonyl (C=O) groups is 1. The number of hydrogen-bond donors (Lipinski definition) is 0. The topological polar surface area (TPSA) is 61.9 Å². The largest absolute Gasteiger partial charge is 0.465 e. The molecule has 0 N–H and O–H groups in total. The summed E-state index contributed by atoms with van der Waals surface area (Å²) in [5.74, 6) is 0.192. The van der Waals surface area contributed by atoms with Crippen LogP contribution in [0.2, 0.25) is 0 Å². The van der Waals surface area contributed by atoms with Crippen molar-refractivity contribution in [1.82, 2.24) is 4.57 Å². The van der Waals surface area contributed by atoms with E-state index in [1.807, 2.05) is 32.0 Å². The first kappa shape index (κ1) is 27.2. The molecule has 0 radical (unpaired) electrons. The molecule has 0 aliphatic carbocycles. The monoisotopic (exact) mass is 532 g/mol. The standard InChI is InChI=1S/C30H23F3N2O4/c1-18-8-9-22(19(2)14-18)17-35-26(16-25(30(31,32)33)27(34-3)28(35)36)20-10-12-23(13-11-20)39-24-7-5-6-21(15-24)29(37)38-4/h5-16H,17H2,1-2,4H3. The van der Waals surface area contributed by atoms with E-state index in [4.69, 9.17) is 16.0 Å². The molecule has 4 aromatic rings. The van der Waals surface area contributed by atoms with Crippen LogP contribution in [0.25, 0.3) is 16.1 Å². The van der Waals surface area contributed by atoms with Crippen LogP contribution < -0.4 is 10.3 Å². The molecular formula is C30H23F3N2O4. The number of aryl methyl sites for hydroxylation is 2. The van der Waals surface area contributed by atoms with Gasteiger partial charge in [-0.3, -0.25) is 4.79 Å². The lowest BCUT2D eigenvalue weighted by molar-refractivity contribution is -0.136. The van der Waals surface area contributed by atoms with E-state index in [1.165, 1.54) is 29.9 Å². The summed E-state index contributed by atoms with van der Waals surface area (Å²) in [5, 5.41) is 0. The molecule has 0 unspecified atom stereocenters. The molecular weight excluding hydrogens is 509 g/mol. The van der Waals surface area contributed by atoms with Gasteiger partial charge in [-0.2, -0.15) is 13.2 Å². The highest BCUT2D eigenvalue weighted by atomic mass is 19.4. The van der Waals surface area contributed by atoms with Crippen molar-refractivity contribution in [1.29, 1.82) is 0 Å². The van der Waals surface area contributed by atoms with Gasteiger partial charge in [0.1, 0.15) is 11.5 Å². The minimum Gasteiger partial charge on any atom is -0.465 e. The fourth-order valence-corrected chi connectivity index (χ4v) is 4.18. The van der Waals surface area contributed by atoms with Gasteiger partial charge in [0.25, 0.3) is 11.2 Å². The van der Waals surface area contributed by atoms with Crippen molar-refractivity contribution >= 4 is 11.7 Å². The molecule has 0 spiro atoms. The van der Waals surface area contributed by atoms with Crippen molar-refractivity contribution in [3.8, 4) is 22.8 Å². The number of nitrogens with zero attached hydrogens (tertiary/aromatic N) is 2. The van der Waals surface area contributed by atoms with Crippen LogP contribution in [-0.4, -0.2) is 17.6 Å².